The summed E-state index contributed by atoms with van der Waals surface area (Å²) in [4.78, 5) is 17.5. The van der Waals surface area contributed by atoms with Crippen LogP contribution in [0.1, 0.15) is 30.4 Å². The molecule has 2 atom stereocenters. The summed E-state index contributed by atoms with van der Waals surface area (Å²) in [5.74, 6) is -0.374. The molecule has 4 nitrogen and oxygen atoms in total. The maximum Gasteiger partial charge on any atom is 0.228 e. The van der Waals surface area contributed by atoms with E-state index in [0.717, 1.165) is 44.0 Å². The predicted octanol–water partition coefficient (Wildman–Crippen LogP) is 4.02. The molecule has 2 aromatic rings. The Balaban J connectivity index is 1.38. The van der Waals surface area contributed by atoms with E-state index < -0.39 is 0 Å². The Kier molecular flexibility index (Phi) is 5.36. The van der Waals surface area contributed by atoms with Crippen molar-refractivity contribution in [3.8, 4) is 0 Å². The van der Waals surface area contributed by atoms with Crippen LogP contribution in [0.15, 0.2) is 42.5 Å². The number of hydrogen-bond acceptors (Lipinski definition) is 3. The maximum absolute atomic E-state index is 13.9. The molecular formula is C23H28FN3O. The van der Waals surface area contributed by atoms with Crippen LogP contribution >= 0.6 is 0 Å². The summed E-state index contributed by atoms with van der Waals surface area (Å²) < 4.78 is 13.9. The molecule has 2 aliphatic rings. The zero-order chi connectivity index (χ0) is 19.7. The van der Waals surface area contributed by atoms with Gasteiger partial charge < -0.3 is 15.1 Å². The summed E-state index contributed by atoms with van der Waals surface area (Å²) in [5, 5.41) is 3.05. The second kappa shape index (κ2) is 7.92. The molecule has 0 spiro atoms. The van der Waals surface area contributed by atoms with Crippen LogP contribution in [-0.4, -0.2) is 43.5 Å². The molecule has 1 N–H and O–H groups in total. The van der Waals surface area contributed by atoms with E-state index in [4.69, 9.17) is 0 Å². The number of nitrogens with zero attached hydrogens (tertiary/aromatic N) is 2. The van der Waals surface area contributed by atoms with E-state index in [-0.39, 0.29) is 23.6 Å². The van der Waals surface area contributed by atoms with Crippen molar-refractivity contribution in [3.63, 3.8) is 0 Å². The van der Waals surface area contributed by atoms with E-state index in [2.05, 4.69) is 34.2 Å². The summed E-state index contributed by atoms with van der Waals surface area (Å²) in [5.41, 5.74) is 3.77. The van der Waals surface area contributed by atoms with Crippen LogP contribution in [0.5, 0.6) is 0 Å². The van der Waals surface area contributed by atoms with Gasteiger partial charge in [0.25, 0.3) is 0 Å². The van der Waals surface area contributed by atoms with Crippen molar-refractivity contribution in [2.75, 3.05) is 42.9 Å². The highest BCUT2D eigenvalue weighted by atomic mass is 19.1. The van der Waals surface area contributed by atoms with Crippen molar-refractivity contribution in [3.05, 3.63) is 59.4 Å². The van der Waals surface area contributed by atoms with E-state index >= 15 is 0 Å². The zero-order valence-electron chi connectivity index (χ0n) is 16.6. The molecule has 148 valence electrons. The standard InChI is InChI=1S/C23H28FN3O/c1-3-26-10-12-27(13-11-26)17-8-9-22(16(2)14-17)25-23(28)20-15-19(20)18-6-4-5-7-21(18)24/h4-9,14,19-20H,3,10-13,15H2,1-2H3,(H,25,28). The molecule has 2 unspecified atom stereocenters. The van der Waals surface area contributed by atoms with Gasteiger partial charge in [-0.3, -0.25) is 4.79 Å². The molecule has 0 aromatic heterocycles. The molecule has 5 heteroatoms. The van der Waals surface area contributed by atoms with Gasteiger partial charge in [0, 0.05) is 43.5 Å². The minimum atomic E-state index is -0.216. The first-order chi connectivity index (χ1) is 13.6. The first-order valence-electron chi connectivity index (χ1n) is 10.2. The van der Waals surface area contributed by atoms with Gasteiger partial charge in [-0.25, -0.2) is 4.39 Å². The maximum atomic E-state index is 13.9. The van der Waals surface area contributed by atoms with Gasteiger partial charge in [0.1, 0.15) is 5.82 Å². The number of carbonyl (C=O) groups is 1. The third-order valence-electron chi connectivity index (χ3n) is 6.08. The lowest BCUT2D eigenvalue weighted by Gasteiger charge is -2.35. The van der Waals surface area contributed by atoms with Crippen molar-refractivity contribution >= 4 is 17.3 Å². The minimum Gasteiger partial charge on any atom is -0.369 e. The Hall–Kier alpha value is -2.40. The van der Waals surface area contributed by atoms with Gasteiger partial charge in [0.05, 0.1) is 0 Å². The number of hydrogen-bond donors (Lipinski definition) is 1. The summed E-state index contributed by atoms with van der Waals surface area (Å²) in [7, 11) is 0. The fourth-order valence-electron chi connectivity index (χ4n) is 4.14. The first kappa shape index (κ1) is 18.9. The SMILES string of the molecule is CCN1CCN(c2ccc(NC(=O)C3CC3c3ccccc3F)c(C)c2)CC1. The highest BCUT2D eigenvalue weighted by molar-refractivity contribution is 5.96. The Morgan fingerprint density at radius 3 is 2.57 bits per heavy atom. The molecule has 0 radical (unpaired) electrons. The third kappa shape index (κ3) is 3.90. The fraction of sp³-hybridized carbons (Fsp3) is 0.435. The fourth-order valence-corrected chi connectivity index (χ4v) is 4.14. The Morgan fingerprint density at radius 1 is 1.14 bits per heavy atom. The molecule has 1 heterocycles. The highest BCUT2D eigenvalue weighted by Gasteiger charge is 2.45. The molecule has 1 saturated carbocycles. The van der Waals surface area contributed by atoms with Crippen LogP contribution in [0, 0.1) is 18.7 Å². The highest BCUT2D eigenvalue weighted by Crippen LogP contribution is 2.48. The molecule has 28 heavy (non-hydrogen) atoms. The number of aryl methyl sites for hydroxylation is 1. The van der Waals surface area contributed by atoms with Gasteiger partial charge >= 0.3 is 0 Å². The van der Waals surface area contributed by atoms with Crippen LogP contribution < -0.4 is 10.2 Å². The van der Waals surface area contributed by atoms with E-state index in [0.29, 0.717) is 12.0 Å². The van der Waals surface area contributed by atoms with Gasteiger partial charge in [-0.05, 0) is 61.2 Å². The topological polar surface area (TPSA) is 35.6 Å². The number of benzene rings is 2. The van der Waals surface area contributed by atoms with Gasteiger partial charge in [0.15, 0.2) is 0 Å². The average molecular weight is 381 g/mol. The average Bonchev–Trinajstić information content (AvgIpc) is 3.51. The number of carbonyl (C=O) groups excluding carboxylic acids is 1. The Morgan fingerprint density at radius 2 is 1.89 bits per heavy atom. The summed E-state index contributed by atoms with van der Waals surface area (Å²) in [6.07, 6.45) is 0.714. The summed E-state index contributed by atoms with van der Waals surface area (Å²) in [6.45, 7) is 9.58. The molecule has 4 rings (SSSR count). The van der Waals surface area contributed by atoms with Crippen LogP contribution in [0.2, 0.25) is 0 Å². The van der Waals surface area contributed by atoms with Gasteiger partial charge in [0.2, 0.25) is 5.91 Å². The van der Waals surface area contributed by atoms with Crippen LogP contribution in [0.4, 0.5) is 15.8 Å². The molecule has 1 aliphatic carbocycles. The van der Waals surface area contributed by atoms with E-state index in [1.807, 2.05) is 19.1 Å². The van der Waals surface area contributed by atoms with Crippen molar-refractivity contribution in [1.29, 1.82) is 0 Å². The van der Waals surface area contributed by atoms with Gasteiger partial charge in [-0.15, -0.1) is 0 Å². The lowest BCUT2D eigenvalue weighted by atomic mass is 10.1. The summed E-state index contributed by atoms with van der Waals surface area (Å²) in [6, 6.07) is 13.0. The van der Waals surface area contributed by atoms with E-state index in [9.17, 15) is 9.18 Å². The second-order valence-electron chi connectivity index (χ2n) is 7.88. The van der Waals surface area contributed by atoms with Crippen molar-refractivity contribution in [1.82, 2.24) is 4.90 Å². The van der Waals surface area contributed by atoms with Crippen molar-refractivity contribution < 1.29 is 9.18 Å². The van der Waals surface area contributed by atoms with Crippen LogP contribution in [-0.2, 0) is 4.79 Å². The summed E-state index contributed by atoms with van der Waals surface area (Å²) >= 11 is 0. The third-order valence-corrected chi connectivity index (χ3v) is 6.08. The largest absolute Gasteiger partial charge is 0.369 e. The van der Waals surface area contributed by atoms with Crippen LogP contribution in [0.3, 0.4) is 0 Å². The minimum absolute atomic E-state index is 0.00404. The molecule has 1 saturated heterocycles. The normalized spacial score (nSPS) is 22.2. The number of piperazine rings is 1. The van der Waals surface area contributed by atoms with E-state index in [1.165, 1.54) is 11.8 Å². The monoisotopic (exact) mass is 381 g/mol. The number of amides is 1. The Labute approximate surface area is 166 Å². The Bertz CT molecular complexity index is 861. The predicted molar refractivity (Wildman–Crippen MR) is 111 cm³/mol. The number of anilines is 2. The first-order valence-corrected chi connectivity index (χ1v) is 10.2. The number of halogens is 1. The van der Waals surface area contributed by atoms with E-state index in [1.54, 1.807) is 12.1 Å². The molecule has 2 aromatic carbocycles. The zero-order valence-corrected chi connectivity index (χ0v) is 16.6. The van der Waals surface area contributed by atoms with Crippen molar-refractivity contribution in [2.24, 2.45) is 5.92 Å². The molecule has 0 bridgehead atoms. The molecule has 1 amide bonds. The van der Waals surface area contributed by atoms with Crippen molar-refractivity contribution in [2.45, 2.75) is 26.2 Å². The number of rotatable bonds is 5. The number of likely N-dealkylation sites (N-methyl/N-ethyl adjacent to an activating group) is 1. The lowest BCUT2D eigenvalue weighted by molar-refractivity contribution is -0.117. The van der Waals surface area contributed by atoms with Crippen LogP contribution in [0.25, 0.3) is 0 Å². The lowest BCUT2D eigenvalue weighted by Crippen LogP contribution is -2.46. The second-order valence-corrected chi connectivity index (χ2v) is 7.88. The number of nitrogens with one attached hydrogen (secondary N) is 1. The molecule has 2 fully saturated rings. The van der Waals surface area contributed by atoms with Gasteiger partial charge in [-0.2, -0.15) is 0 Å². The smallest absolute Gasteiger partial charge is 0.228 e. The van der Waals surface area contributed by atoms with Gasteiger partial charge in [-0.1, -0.05) is 25.1 Å². The molecular weight excluding hydrogens is 353 g/mol. The quantitative estimate of drug-likeness (QED) is 0.850. The molecule has 1 aliphatic heterocycles.